The molecular weight excluding hydrogens is 308 g/mol. The van der Waals surface area contributed by atoms with Gasteiger partial charge in [0.1, 0.15) is 10.8 Å². The Bertz CT molecular complexity index is 694. The maximum atomic E-state index is 12.0. The van der Waals surface area contributed by atoms with Crippen LogP contribution < -0.4 is 10.5 Å². The van der Waals surface area contributed by atoms with Crippen molar-refractivity contribution in [3.8, 4) is 0 Å². The van der Waals surface area contributed by atoms with Crippen molar-refractivity contribution in [3.05, 3.63) is 53.6 Å². The molecule has 0 radical (unpaired) electrons. The van der Waals surface area contributed by atoms with Gasteiger partial charge in [-0.05, 0) is 5.56 Å². The number of nitrogens with zero attached hydrogens (tertiary/aromatic N) is 1. The first kappa shape index (κ1) is 15.6. The van der Waals surface area contributed by atoms with E-state index in [-0.39, 0.29) is 5.75 Å². The van der Waals surface area contributed by atoms with Gasteiger partial charge in [-0.3, -0.25) is 0 Å². The van der Waals surface area contributed by atoms with E-state index in [1.807, 2.05) is 0 Å². The number of H-pyrrole nitrogens is 1. The van der Waals surface area contributed by atoms with Gasteiger partial charge in [0.25, 0.3) is 0 Å². The Labute approximate surface area is 128 Å². The van der Waals surface area contributed by atoms with Gasteiger partial charge in [0, 0.05) is 30.9 Å². The van der Waals surface area contributed by atoms with Gasteiger partial charge in [0.2, 0.25) is 10.0 Å². The molecule has 0 amide bonds. The van der Waals surface area contributed by atoms with Gasteiger partial charge < -0.3 is 10.7 Å². The molecule has 0 bridgehead atoms. The number of nitrogens with one attached hydrogen (secondary N) is 2. The van der Waals surface area contributed by atoms with Crippen LogP contribution in [0.15, 0.2) is 36.7 Å². The van der Waals surface area contributed by atoms with Crippen LogP contribution in [0.4, 0.5) is 0 Å². The second kappa shape index (κ2) is 6.79. The van der Waals surface area contributed by atoms with Crippen molar-refractivity contribution >= 4 is 27.2 Å². The summed E-state index contributed by atoms with van der Waals surface area (Å²) >= 11 is 4.85. The van der Waals surface area contributed by atoms with Crippen molar-refractivity contribution in [2.45, 2.75) is 12.2 Å². The van der Waals surface area contributed by atoms with Gasteiger partial charge in [-0.1, -0.05) is 36.5 Å². The number of aromatic nitrogens is 2. The first-order chi connectivity index (χ1) is 9.96. The van der Waals surface area contributed by atoms with Crippen LogP contribution in [0, 0.1) is 0 Å². The summed E-state index contributed by atoms with van der Waals surface area (Å²) < 4.78 is 26.5. The third kappa shape index (κ3) is 4.92. The highest BCUT2D eigenvalue weighted by molar-refractivity contribution is 7.88. The Kier molecular flexibility index (Phi) is 5.05. The van der Waals surface area contributed by atoms with E-state index in [9.17, 15) is 8.42 Å². The summed E-state index contributed by atoms with van der Waals surface area (Å²) in [5, 5.41) is 0. The molecular formula is C13H16N4O2S2. The zero-order valence-electron chi connectivity index (χ0n) is 11.2. The van der Waals surface area contributed by atoms with Crippen molar-refractivity contribution in [2.75, 3.05) is 6.54 Å². The quantitative estimate of drug-likeness (QED) is 0.651. The largest absolute Gasteiger partial charge is 0.389 e. The summed E-state index contributed by atoms with van der Waals surface area (Å²) in [5.41, 5.74) is 6.90. The molecule has 0 aliphatic rings. The number of thiocarbonyl (C=S) groups is 1. The highest BCUT2D eigenvalue weighted by atomic mass is 32.2. The maximum Gasteiger partial charge on any atom is 0.215 e. The van der Waals surface area contributed by atoms with E-state index < -0.39 is 10.0 Å². The van der Waals surface area contributed by atoms with E-state index in [1.54, 1.807) is 36.7 Å². The smallest absolute Gasteiger partial charge is 0.215 e. The number of aromatic amines is 1. The van der Waals surface area contributed by atoms with Crippen molar-refractivity contribution < 1.29 is 8.42 Å². The monoisotopic (exact) mass is 324 g/mol. The molecule has 0 saturated carbocycles. The van der Waals surface area contributed by atoms with Gasteiger partial charge in [-0.15, -0.1) is 0 Å². The molecule has 21 heavy (non-hydrogen) atoms. The summed E-state index contributed by atoms with van der Waals surface area (Å²) in [7, 11) is -3.38. The summed E-state index contributed by atoms with van der Waals surface area (Å²) in [6.45, 7) is 0.306. The SMILES string of the molecule is NC(=S)c1ccc(CS(=O)(=O)NCCc2ncc[nH]2)cc1. The molecule has 1 heterocycles. The Hall–Kier alpha value is -1.77. The fraction of sp³-hybridized carbons (Fsp3) is 0.231. The number of imidazole rings is 1. The zero-order chi connectivity index (χ0) is 15.3. The van der Waals surface area contributed by atoms with Gasteiger partial charge >= 0.3 is 0 Å². The van der Waals surface area contributed by atoms with Gasteiger partial charge in [0.15, 0.2) is 0 Å². The van der Waals surface area contributed by atoms with E-state index in [4.69, 9.17) is 18.0 Å². The lowest BCUT2D eigenvalue weighted by molar-refractivity contribution is 0.580. The molecule has 112 valence electrons. The minimum absolute atomic E-state index is 0.0806. The van der Waals surface area contributed by atoms with E-state index >= 15 is 0 Å². The molecule has 1 aromatic carbocycles. The second-order valence-electron chi connectivity index (χ2n) is 4.50. The van der Waals surface area contributed by atoms with E-state index in [1.165, 1.54) is 0 Å². The molecule has 8 heteroatoms. The molecule has 2 rings (SSSR count). The van der Waals surface area contributed by atoms with Crippen LogP contribution in [0.2, 0.25) is 0 Å². The molecule has 1 aromatic heterocycles. The average Bonchev–Trinajstić information content (AvgIpc) is 2.91. The normalized spacial score (nSPS) is 11.4. The van der Waals surface area contributed by atoms with Crippen LogP contribution in [-0.4, -0.2) is 29.9 Å². The molecule has 0 aliphatic heterocycles. The Balaban J connectivity index is 1.89. The molecule has 0 spiro atoms. The molecule has 0 unspecified atom stereocenters. The van der Waals surface area contributed by atoms with Crippen LogP contribution in [-0.2, 0) is 22.2 Å². The van der Waals surface area contributed by atoms with Crippen LogP contribution in [0.3, 0.4) is 0 Å². The lowest BCUT2D eigenvalue weighted by atomic mass is 10.1. The van der Waals surface area contributed by atoms with Crippen LogP contribution >= 0.6 is 12.2 Å². The van der Waals surface area contributed by atoms with Crippen molar-refractivity contribution in [2.24, 2.45) is 5.73 Å². The first-order valence-electron chi connectivity index (χ1n) is 6.30. The fourth-order valence-corrected chi connectivity index (χ4v) is 3.08. The summed E-state index contributed by atoms with van der Waals surface area (Å²) in [6.07, 6.45) is 3.85. The number of hydrogen-bond donors (Lipinski definition) is 3. The Morgan fingerprint density at radius 3 is 2.62 bits per heavy atom. The van der Waals surface area contributed by atoms with Crippen LogP contribution in [0.1, 0.15) is 17.0 Å². The van der Waals surface area contributed by atoms with E-state index in [0.29, 0.717) is 23.5 Å². The summed E-state index contributed by atoms with van der Waals surface area (Å²) in [5.74, 6) is 0.668. The third-order valence-electron chi connectivity index (χ3n) is 2.83. The predicted molar refractivity (Wildman–Crippen MR) is 85.2 cm³/mol. The minimum Gasteiger partial charge on any atom is -0.389 e. The lowest BCUT2D eigenvalue weighted by Gasteiger charge is -2.07. The number of benzene rings is 1. The maximum absolute atomic E-state index is 12.0. The number of nitrogens with two attached hydrogens (primary N) is 1. The van der Waals surface area contributed by atoms with Gasteiger partial charge in [-0.25, -0.2) is 18.1 Å². The molecule has 6 nitrogen and oxygen atoms in total. The molecule has 0 aliphatic carbocycles. The summed E-state index contributed by atoms with van der Waals surface area (Å²) in [4.78, 5) is 7.24. The fourth-order valence-electron chi connectivity index (χ4n) is 1.80. The average molecular weight is 324 g/mol. The second-order valence-corrected chi connectivity index (χ2v) is 6.75. The lowest BCUT2D eigenvalue weighted by Crippen LogP contribution is -2.27. The highest BCUT2D eigenvalue weighted by Gasteiger charge is 2.11. The Morgan fingerprint density at radius 2 is 2.05 bits per heavy atom. The summed E-state index contributed by atoms with van der Waals surface area (Å²) in [6, 6.07) is 6.85. The topological polar surface area (TPSA) is 101 Å². The third-order valence-corrected chi connectivity index (χ3v) is 4.43. The van der Waals surface area contributed by atoms with E-state index in [0.717, 1.165) is 11.4 Å². The predicted octanol–water partition coefficient (Wildman–Crippen LogP) is 0.706. The number of hydrogen-bond acceptors (Lipinski definition) is 4. The highest BCUT2D eigenvalue weighted by Crippen LogP contribution is 2.08. The number of rotatable bonds is 7. The first-order valence-corrected chi connectivity index (χ1v) is 8.37. The van der Waals surface area contributed by atoms with Crippen molar-refractivity contribution in [1.29, 1.82) is 0 Å². The molecule has 0 fully saturated rings. The molecule has 2 aromatic rings. The molecule has 0 atom stereocenters. The van der Waals surface area contributed by atoms with Crippen LogP contribution in [0.5, 0.6) is 0 Å². The van der Waals surface area contributed by atoms with Crippen molar-refractivity contribution in [1.82, 2.24) is 14.7 Å². The van der Waals surface area contributed by atoms with E-state index in [2.05, 4.69) is 14.7 Å². The molecule has 0 saturated heterocycles. The Morgan fingerprint density at radius 1 is 1.33 bits per heavy atom. The van der Waals surface area contributed by atoms with Gasteiger partial charge in [-0.2, -0.15) is 0 Å². The van der Waals surface area contributed by atoms with Crippen molar-refractivity contribution in [3.63, 3.8) is 0 Å². The standard InChI is InChI=1S/C13H16N4O2S2/c14-13(20)11-3-1-10(2-4-11)9-21(18,19)17-6-5-12-15-7-8-16-12/h1-4,7-8,17H,5-6,9H2,(H2,14,20)(H,15,16). The van der Waals surface area contributed by atoms with Gasteiger partial charge in [0.05, 0.1) is 5.75 Å². The number of sulfonamides is 1. The van der Waals surface area contributed by atoms with Crippen LogP contribution in [0.25, 0.3) is 0 Å². The minimum atomic E-state index is -3.38. The molecule has 4 N–H and O–H groups in total. The zero-order valence-corrected chi connectivity index (χ0v) is 12.9.